The van der Waals surface area contributed by atoms with Gasteiger partial charge in [0.25, 0.3) is 0 Å². The van der Waals surface area contributed by atoms with Gasteiger partial charge < -0.3 is 20.7 Å². The Hall–Kier alpha value is -1.30. The van der Waals surface area contributed by atoms with Gasteiger partial charge in [-0.25, -0.2) is 0 Å². The predicted molar refractivity (Wildman–Crippen MR) is 79.3 cm³/mol. The number of amides is 1. The fourth-order valence-electron chi connectivity index (χ4n) is 2.43. The van der Waals surface area contributed by atoms with Crippen molar-refractivity contribution in [1.29, 1.82) is 5.41 Å². The van der Waals surface area contributed by atoms with Crippen LogP contribution in [-0.2, 0) is 9.53 Å². The maximum Gasteiger partial charge on any atom is 0.220 e. The molecule has 0 aromatic heterocycles. The highest BCUT2D eigenvalue weighted by molar-refractivity contribution is 5.77. The number of likely N-dealkylation sites (tertiary alicyclic amines) is 1. The third kappa shape index (κ3) is 5.00. The zero-order chi connectivity index (χ0) is 15.0. The zero-order valence-corrected chi connectivity index (χ0v) is 12.7. The lowest BCUT2D eigenvalue weighted by molar-refractivity contribution is -0.126. The van der Waals surface area contributed by atoms with Crippen molar-refractivity contribution in [2.45, 2.75) is 64.6 Å². The highest BCUT2D eigenvalue weighted by Crippen LogP contribution is 2.19. The molecule has 116 valence electrons. The largest absolute Gasteiger partial charge is 0.370 e. The molecule has 20 heavy (non-hydrogen) atoms. The van der Waals surface area contributed by atoms with E-state index in [1.165, 1.54) is 0 Å². The molecular weight excluding hydrogens is 256 g/mol. The van der Waals surface area contributed by atoms with Crippen LogP contribution in [0.15, 0.2) is 0 Å². The van der Waals surface area contributed by atoms with Gasteiger partial charge in [-0.3, -0.25) is 10.2 Å². The van der Waals surface area contributed by atoms with Crippen molar-refractivity contribution >= 4 is 11.9 Å². The van der Waals surface area contributed by atoms with E-state index in [1.807, 2.05) is 6.92 Å². The first kappa shape index (κ1) is 16.8. The molecule has 0 radical (unpaired) electrons. The molecule has 0 aromatic carbocycles. The Morgan fingerprint density at radius 2 is 2.20 bits per heavy atom. The normalized spacial score (nSPS) is 22.6. The number of hydrogen-bond donors (Lipinski definition) is 3. The third-order valence-electron chi connectivity index (χ3n) is 3.48. The summed E-state index contributed by atoms with van der Waals surface area (Å²) >= 11 is 0. The molecule has 0 bridgehead atoms. The van der Waals surface area contributed by atoms with Crippen LogP contribution in [0.1, 0.15) is 52.4 Å². The molecule has 0 aliphatic carbocycles. The second-order valence-electron chi connectivity index (χ2n) is 5.26. The summed E-state index contributed by atoms with van der Waals surface area (Å²) in [5, 5.41) is 10.7. The Balaban J connectivity index is 2.66. The summed E-state index contributed by atoms with van der Waals surface area (Å²) in [6.07, 6.45) is 4.85. The summed E-state index contributed by atoms with van der Waals surface area (Å²) in [5.41, 5.74) is 5.63. The van der Waals surface area contributed by atoms with Crippen molar-refractivity contribution in [1.82, 2.24) is 10.2 Å². The van der Waals surface area contributed by atoms with Gasteiger partial charge in [0.1, 0.15) is 0 Å². The second kappa shape index (κ2) is 8.79. The molecule has 1 aliphatic heterocycles. The van der Waals surface area contributed by atoms with E-state index in [4.69, 9.17) is 15.9 Å². The molecule has 0 aromatic rings. The van der Waals surface area contributed by atoms with Crippen LogP contribution in [0.4, 0.5) is 0 Å². The molecule has 1 fully saturated rings. The maximum absolute atomic E-state index is 11.8. The minimum atomic E-state index is -0.311. The molecular formula is C14H28N4O2. The summed E-state index contributed by atoms with van der Waals surface area (Å²) in [4.78, 5) is 13.5. The van der Waals surface area contributed by atoms with Crippen molar-refractivity contribution in [3.8, 4) is 0 Å². The van der Waals surface area contributed by atoms with E-state index in [-0.39, 0.29) is 24.1 Å². The summed E-state index contributed by atoms with van der Waals surface area (Å²) in [6.45, 7) is 5.43. The van der Waals surface area contributed by atoms with Gasteiger partial charge in [0.05, 0.1) is 6.04 Å². The summed E-state index contributed by atoms with van der Waals surface area (Å²) < 4.78 is 5.88. The number of unbranched alkanes of at least 4 members (excludes halogenated alkanes) is 1. The number of ether oxygens (including phenoxy) is 1. The van der Waals surface area contributed by atoms with Crippen molar-refractivity contribution < 1.29 is 9.53 Å². The van der Waals surface area contributed by atoms with Crippen LogP contribution < -0.4 is 11.1 Å². The molecule has 2 atom stereocenters. The van der Waals surface area contributed by atoms with Crippen LogP contribution >= 0.6 is 0 Å². The molecule has 1 aliphatic rings. The Labute approximate surface area is 121 Å². The van der Waals surface area contributed by atoms with Gasteiger partial charge in [0.2, 0.25) is 5.91 Å². The standard InChI is InChI=1S/C14H28N4O2/c1-3-5-10-20-13-11(17-12(19)7-4-2)8-6-9-18(13)14(15)16/h11,13H,3-10H2,1-2H3,(H3,15,16)(H,17,19)/t11-,13+/m0/s1. The van der Waals surface area contributed by atoms with Gasteiger partial charge in [0.15, 0.2) is 12.2 Å². The van der Waals surface area contributed by atoms with Crippen LogP contribution in [0.3, 0.4) is 0 Å². The number of nitrogens with zero attached hydrogens (tertiary/aromatic N) is 1. The van der Waals surface area contributed by atoms with E-state index in [0.29, 0.717) is 19.6 Å². The number of guanidine groups is 1. The minimum Gasteiger partial charge on any atom is -0.370 e. The number of hydrogen-bond acceptors (Lipinski definition) is 3. The highest BCUT2D eigenvalue weighted by atomic mass is 16.5. The predicted octanol–water partition coefficient (Wildman–Crippen LogP) is 1.40. The first-order valence-electron chi connectivity index (χ1n) is 7.61. The quantitative estimate of drug-likeness (QED) is 0.374. The molecule has 6 heteroatoms. The minimum absolute atomic E-state index is 0.0148. The topological polar surface area (TPSA) is 91.4 Å². The van der Waals surface area contributed by atoms with E-state index in [9.17, 15) is 4.79 Å². The van der Waals surface area contributed by atoms with Crippen molar-refractivity contribution in [2.75, 3.05) is 13.2 Å². The lowest BCUT2D eigenvalue weighted by Crippen LogP contribution is -2.59. The highest BCUT2D eigenvalue weighted by Gasteiger charge is 2.33. The molecule has 1 amide bonds. The van der Waals surface area contributed by atoms with Gasteiger partial charge in [-0.05, 0) is 25.7 Å². The molecule has 6 nitrogen and oxygen atoms in total. The van der Waals surface area contributed by atoms with Gasteiger partial charge in [-0.15, -0.1) is 0 Å². The van der Waals surface area contributed by atoms with Gasteiger partial charge in [-0.2, -0.15) is 0 Å². The average molecular weight is 284 g/mol. The third-order valence-corrected chi connectivity index (χ3v) is 3.48. The number of nitrogens with two attached hydrogens (primary N) is 1. The lowest BCUT2D eigenvalue weighted by Gasteiger charge is -2.41. The summed E-state index contributed by atoms with van der Waals surface area (Å²) in [5.74, 6) is 0.0629. The monoisotopic (exact) mass is 284 g/mol. The summed E-state index contributed by atoms with van der Waals surface area (Å²) in [6, 6.07) is -0.0800. The molecule has 1 rings (SSSR count). The first-order chi connectivity index (χ1) is 9.60. The van der Waals surface area contributed by atoms with E-state index >= 15 is 0 Å². The Kier molecular flexibility index (Phi) is 7.36. The Morgan fingerprint density at radius 1 is 1.45 bits per heavy atom. The van der Waals surface area contributed by atoms with Crippen LogP contribution in [0.2, 0.25) is 0 Å². The summed E-state index contributed by atoms with van der Waals surface area (Å²) in [7, 11) is 0. The Bertz CT molecular complexity index is 322. The fourth-order valence-corrected chi connectivity index (χ4v) is 2.43. The van der Waals surface area contributed by atoms with Crippen LogP contribution in [-0.4, -0.2) is 42.2 Å². The second-order valence-corrected chi connectivity index (χ2v) is 5.26. The smallest absolute Gasteiger partial charge is 0.220 e. The van der Waals surface area contributed by atoms with Crippen molar-refractivity contribution in [3.63, 3.8) is 0 Å². The van der Waals surface area contributed by atoms with E-state index in [0.717, 1.165) is 32.1 Å². The van der Waals surface area contributed by atoms with Crippen molar-refractivity contribution in [3.05, 3.63) is 0 Å². The molecule has 1 heterocycles. The van der Waals surface area contributed by atoms with Gasteiger partial charge in [-0.1, -0.05) is 20.3 Å². The SMILES string of the molecule is CCCCO[C@@H]1[C@@H](NC(=O)CCC)CCCN1C(=N)N. The van der Waals surface area contributed by atoms with Crippen LogP contribution in [0.25, 0.3) is 0 Å². The van der Waals surface area contributed by atoms with E-state index in [1.54, 1.807) is 4.90 Å². The van der Waals surface area contributed by atoms with Crippen LogP contribution in [0, 0.1) is 5.41 Å². The fraction of sp³-hybridized carbons (Fsp3) is 0.857. The molecule has 4 N–H and O–H groups in total. The number of carbonyl (C=O) groups excluding carboxylic acids is 1. The van der Waals surface area contributed by atoms with E-state index in [2.05, 4.69) is 12.2 Å². The zero-order valence-electron chi connectivity index (χ0n) is 12.7. The van der Waals surface area contributed by atoms with Gasteiger partial charge in [0, 0.05) is 19.6 Å². The first-order valence-corrected chi connectivity index (χ1v) is 7.61. The molecule has 0 spiro atoms. The number of nitrogens with one attached hydrogen (secondary N) is 2. The number of rotatable bonds is 7. The number of carbonyl (C=O) groups is 1. The van der Waals surface area contributed by atoms with Crippen LogP contribution in [0.5, 0.6) is 0 Å². The molecule has 1 saturated heterocycles. The molecule has 0 saturated carbocycles. The lowest BCUT2D eigenvalue weighted by atomic mass is 10.0. The maximum atomic E-state index is 11.8. The van der Waals surface area contributed by atoms with E-state index < -0.39 is 0 Å². The number of piperidine rings is 1. The van der Waals surface area contributed by atoms with Gasteiger partial charge >= 0.3 is 0 Å². The average Bonchev–Trinajstić information content (AvgIpc) is 2.40. The van der Waals surface area contributed by atoms with Crippen molar-refractivity contribution in [2.24, 2.45) is 5.73 Å². The Morgan fingerprint density at radius 3 is 2.80 bits per heavy atom. The molecule has 0 unspecified atom stereocenters.